The first kappa shape index (κ1) is 22.2. The number of piperidine rings is 1. The van der Waals surface area contributed by atoms with Crippen molar-refractivity contribution in [3.63, 3.8) is 0 Å². The average Bonchev–Trinajstić information content (AvgIpc) is 2.76. The minimum absolute atomic E-state index is 0.102. The number of nitrogens with one attached hydrogen (secondary N) is 1. The molecule has 0 saturated carbocycles. The molecule has 0 spiro atoms. The summed E-state index contributed by atoms with van der Waals surface area (Å²) in [5, 5.41) is 3.09. The molecule has 32 heavy (non-hydrogen) atoms. The van der Waals surface area contributed by atoms with Crippen LogP contribution in [0.15, 0.2) is 56.6 Å². The molecule has 1 saturated heterocycles. The number of carbonyl (C=O) groups is 1. The van der Waals surface area contributed by atoms with E-state index in [4.69, 9.17) is 4.42 Å². The maximum Gasteiger partial charge on any atom is 0.291 e. The van der Waals surface area contributed by atoms with Gasteiger partial charge in [0.1, 0.15) is 5.58 Å². The van der Waals surface area contributed by atoms with E-state index in [1.54, 1.807) is 6.07 Å². The number of carbonyl (C=O) groups excluding carboxylic acids is 1. The number of benzene rings is 2. The molecule has 1 aromatic heterocycles. The van der Waals surface area contributed by atoms with Gasteiger partial charge >= 0.3 is 0 Å². The van der Waals surface area contributed by atoms with Crippen LogP contribution in [0.1, 0.15) is 41.4 Å². The van der Waals surface area contributed by atoms with Gasteiger partial charge in [0, 0.05) is 24.8 Å². The topological polar surface area (TPSA) is 96.7 Å². The van der Waals surface area contributed by atoms with E-state index in [0.717, 1.165) is 24.0 Å². The summed E-state index contributed by atoms with van der Waals surface area (Å²) in [6.07, 6.45) is 1.88. The molecule has 0 unspecified atom stereocenters. The first-order valence-corrected chi connectivity index (χ1v) is 12.1. The van der Waals surface area contributed by atoms with E-state index >= 15 is 0 Å². The molecule has 1 N–H and O–H groups in total. The Morgan fingerprint density at radius 2 is 1.84 bits per heavy atom. The van der Waals surface area contributed by atoms with E-state index in [0.29, 0.717) is 35.7 Å². The van der Waals surface area contributed by atoms with Gasteiger partial charge < -0.3 is 9.73 Å². The second kappa shape index (κ2) is 8.52. The SMILES string of the molecule is Cc1ccc2c(=O)cc(C(=O)Nc3ccc(S(=O)(=O)N4CCC[C@H](C)C4)cc3)oc2c1C. The van der Waals surface area contributed by atoms with Gasteiger partial charge in [-0.1, -0.05) is 13.0 Å². The van der Waals surface area contributed by atoms with E-state index in [2.05, 4.69) is 5.32 Å². The smallest absolute Gasteiger partial charge is 0.291 e. The van der Waals surface area contributed by atoms with Crippen LogP contribution in [0, 0.1) is 19.8 Å². The number of anilines is 1. The van der Waals surface area contributed by atoms with E-state index in [9.17, 15) is 18.0 Å². The Hall–Kier alpha value is -2.97. The zero-order valence-electron chi connectivity index (χ0n) is 18.3. The van der Waals surface area contributed by atoms with Crippen molar-refractivity contribution < 1.29 is 17.6 Å². The largest absolute Gasteiger partial charge is 0.450 e. The van der Waals surface area contributed by atoms with Crippen molar-refractivity contribution in [3.8, 4) is 0 Å². The Bertz CT molecular complexity index is 1340. The average molecular weight is 455 g/mol. The van der Waals surface area contributed by atoms with Gasteiger partial charge in [0.05, 0.1) is 10.3 Å². The van der Waals surface area contributed by atoms with Gasteiger partial charge in [0.15, 0.2) is 11.2 Å². The minimum atomic E-state index is -3.57. The van der Waals surface area contributed by atoms with E-state index in [1.165, 1.54) is 34.6 Å². The predicted molar refractivity (Wildman–Crippen MR) is 124 cm³/mol. The summed E-state index contributed by atoms with van der Waals surface area (Å²) < 4.78 is 33.1. The zero-order chi connectivity index (χ0) is 23.0. The number of sulfonamides is 1. The zero-order valence-corrected chi connectivity index (χ0v) is 19.2. The standard InChI is InChI=1S/C24H26N2O5S/c1-15-5-4-12-26(14-15)32(29,30)19-9-7-18(8-10-19)25-24(28)22-13-21(27)20-11-6-16(2)17(3)23(20)31-22/h6-11,13,15H,4-5,12,14H2,1-3H3,(H,25,28)/t15-/m0/s1. The minimum Gasteiger partial charge on any atom is -0.450 e. The van der Waals surface area contributed by atoms with Crippen LogP contribution in [0.25, 0.3) is 11.0 Å². The highest BCUT2D eigenvalue weighted by atomic mass is 32.2. The van der Waals surface area contributed by atoms with Crippen molar-refractivity contribution in [1.29, 1.82) is 0 Å². The normalized spacial score (nSPS) is 17.4. The third-order valence-corrected chi connectivity index (χ3v) is 7.89. The molecule has 1 amide bonds. The lowest BCUT2D eigenvalue weighted by molar-refractivity contribution is 0.0997. The fraction of sp³-hybridized carbons (Fsp3) is 0.333. The molecule has 0 bridgehead atoms. The van der Waals surface area contributed by atoms with Crippen LogP contribution < -0.4 is 10.7 Å². The molecule has 4 rings (SSSR count). The number of hydrogen-bond acceptors (Lipinski definition) is 5. The molecule has 2 aromatic carbocycles. The number of nitrogens with zero attached hydrogens (tertiary/aromatic N) is 1. The third kappa shape index (κ3) is 4.20. The first-order valence-electron chi connectivity index (χ1n) is 10.6. The summed E-state index contributed by atoms with van der Waals surface area (Å²) in [4.78, 5) is 25.3. The van der Waals surface area contributed by atoms with Gasteiger partial charge in [-0.15, -0.1) is 0 Å². The Morgan fingerprint density at radius 1 is 1.12 bits per heavy atom. The fourth-order valence-corrected chi connectivity index (χ4v) is 5.58. The van der Waals surface area contributed by atoms with Crippen molar-refractivity contribution in [2.75, 3.05) is 18.4 Å². The van der Waals surface area contributed by atoms with Crippen LogP contribution in [0.3, 0.4) is 0 Å². The highest BCUT2D eigenvalue weighted by Gasteiger charge is 2.28. The van der Waals surface area contributed by atoms with Gasteiger partial charge in [-0.3, -0.25) is 9.59 Å². The Kier molecular flexibility index (Phi) is 5.92. The number of rotatable bonds is 4. The molecular weight excluding hydrogens is 428 g/mol. The molecule has 1 fully saturated rings. The summed E-state index contributed by atoms with van der Waals surface area (Å²) in [6, 6.07) is 10.7. The van der Waals surface area contributed by atoms with Crippen LogP contribution in [0.5, 0.6) is 0 Å². The van der Waals surface area contributed by atoms with Crippen LogP contribution in [-0.2, 0) is 10.0 Å². The number of fused-ring (bicyclic) bond motifs is 1. The second-order valence-electron chi connectivity index (χ2n) is 8.45. The van der Waals surface area contributed by atoms with Gasteiger partial charge in [-0.2, -0.15) is 4.31 Å². The maximum atomic E-state index is 12.9. The summed E-state index contributed by atoms with van der Waals surface area (Å²) in [7, 11) is -3.57. The Labute approximate surface area is 187 Å². The molecule has 8 heteroatoms. The van der Waals surface area contributed by atoms with Crippen molar-refractivity contribution in [3.05, 3.63) is 69.6 Å². The number of aryl methyl sites for hydroxylation is 2. The van der Waals surface area contributed by atoms with Gasteiger partial charge in [-0.05, 0) is 74.1 Å². The van der Waals surface area contributed by atoms with Crippen molar-refractivity contribution in [1.82, 2.24) is 4.31 Å². The lowest BCUT2D eigenvalue weighted by Gasteiger charge is -2.30. The highest BCUT2D eigenvalue weighted by Crippen LogP contribution is 2.25. The van der Waals surface area contributed by atoms with Crippen molar-refractivity contribution in [2.24, 2.45) is 5.92 Å². The van der Waals surface area contributed by atoms with Crippen LogP contribution >= 0.6 is 0 Å². The number of hydrogen-bond donors (Lipinski definition) is 1. The summed E-state index contributed by atoms with van der Waals surface area (Å²) in [5.41, 5.74) is 2.26. The van der Waals surface area contributed by atoms with E-state index in [-0.39, 0.29) is 16.1 Å². The van der Waals surface area contributed by atoms with Crippen LogP contribution in [0.2, 0.25) is 0 Å². The Morgan fingerprint density at radius 3 is 2.53 bits per heavy atom. The predicted octanol–water partition coefficient (Wildman–Crippen LogP) is 4.08. The molecule has 168 valence electrons. The summed E-state index contributed by atoms with van der Waals surface area (Å²) >= 11 is 0. The van der Waals surface area contributed by atoms with E-state index < -0.39 is 15.9 Å². The van der Waals surface area contributed by atoms with Crippen LogP contribution in [-0.4, -0.2) is 31.7 Å². The molecule has 1 atom stereocenters. The second-order valence-corrected chi connectivity index (χ2v) is 10.4. The van der Waals surface area contributed by atoms with Crippen molar-refractivity contribution in [2.45, 2.75) is 38.5 Å². The first-order chi connectivity index (χ1) is 15.2. The number of amides is 1. The molecule has 7 nitrogen and oxygen atoms in total. The summed E-state index contributed by atoms with van der Waals surface area (Å²) in [6.45, 7) is 6.83. The molecule has 2 heterocycles. The Balaban J connectivity index is 1.56. The molecular formula is C24H26N2O5S. The lowest BCUT2D eigenvalue weighted by atomic mass is 10.0. The maximum absolute atomic E-state index is 12.9. The molecule has 1 aliphatic heterocycles. The summed E-state index contributed by atoms with van der Waals surface area (Å²) in [5.74, 6) is -0.346. The fourth-order valence-electron chi connectivity index (χ4n) is 3.98. The van der Waals surface area contributed by atoms with Gasteiger partial charge in [0.2, 0.25) is 10.0 Å². The molecule has 0 radical (unpaired) electrons. The van der Waals surface area contributed by atoms with Gasteiger partial charge in [-0.25, -0.2) is 8.42 Å². The van der Waals surface area contributed by atoms with Crippen LogP contribution in [0.4, 0.5) is 5.69 Å². The van der Waals surface area contributed by atoms with Gasteiger partial charge in [0.25, 0.3) is 5.91 Å². The quantitative estimate of drug-likeness (QED) is 0.641. The molecule has 0 aliphatic carbocycles. The lowest BCUT2D eigenvalue weighted by Crippen LogP contribution is -2.39. The highest BCUT2D eigenvalue weighted by molar-refractivity contribution is 7.89. The monoisotopic (exact) mass is 454 g/mol. The molecule has 3 aromatic rings. The molecule has 1 aliphatic rings. The van der Waals surface area contributed by atoms with Crippen molar-refractivity contribution >= 4 is 32.6 Å². The third-order valence-electron chi connectivity index (χ3n) is 6.01. The van der Waals surface area contributed by atoms with E-state index in [1.807, 2.05) is 26.8 Å².